The average Bonchev–Trinajstić information content (AvgIpc) is 2.79. The third-order valence-corrected chi connectivity index (χ3v) is 3.70. The molecule has 1 aromatic rings. The van der Waals surface area contributed by atoms with Gasteiger partial charge in [0.25, 0.3) is 0 Å². The number of benzene rings is 1. The zero-order valence-electron chi connectivity index (χ0n) is 12.1. The van der Waals surface area contributed by atoms with E-state index in [9.17, 15) is 8.78 Å². The predicted octanol–water partition coefficient (Wildman–Crippen LogP) is 2.71. The summed E-state index contributed by atoms with van der Waals surface area (Å²) in [6, 6.07) is 6.66. The highest BCUT2D eigenvalue weighted by molar-refractivity contribution is 5.85. The van der Waals surface area contributed by atoms with Crippen LogP contribution in [-0.2, 0) is 0 Å². The zero-order valence-corrected chi connectivity index (χ0v) is 13.8. The Bertz CT molecular complexity index is 578. The Balaban J connectivity index is 0.00000132. The van der Waals surface area contributed by atoms with Gasteiger partial charge in [0.1, 0.15) is 0 Å². The molecule has 0 amide bonds. The quantitative estimate of drug-likeness (QED) is 0.889. The maximum absolute atomic E-state index is 13.3. The maximum atomic E-state index is 13.3. The van der Waals surface area contributed by atoms with Crippen molar-refractivity contribution in [2.75, 3.05) is 26.2 Å². The Labute approximate surface area is 145 Å². The van der Waals surface area contributed by atoms with Gasteiger partial charge in [0, 0.05) is 31.7 Å². The first-order chi connectivity index (χ1) is 10.1. The van der Waals surface area contributed by atoms with Crippen molar-refractivity contribution in [2.45, 2.75) is 18.8 Å². The lowest BCUT2D eigenvalue weighted by Crippen LogP contribution is -2.45. The van der Waals surface area contributed by atoms with Crippen LogP contribution in [0.5, 0.6) is 11.5 Å². The number of nitriles is 1. The van der Waals surface area contributed by atoms with E-state index in [1.54, 1.807) is 12.1 Å². The lowest BCUT2D eigenvalue weighted by molar-refractivity contribution is -0.287. The van der Waals surface area contributed by atoms with Crippen molar-refractivity contribution in [3.05, 3.63) is 23.8 Å². The molecular weight excluding hydrogens is 351 g/mol. The Morgan fingerprint density at radius 1 is 1.26 bits per heavy atom. The largest absolute Gasteiger partial charge is 0.586 e. The molecule has 1 atom stereocenters. The Morgan fingerprint density at radius 2 is 1.96 bits per heavy atom. The van der Waals surface area contributed by atoms with Gasteiger partial charge in [0.2, 0.25) is 0 Å². The first kappa shape index (κ1) is 19.7. The number of nitrogens with zero attached hydrogens (tertiary/aromatic N) is 2. The third kappa shape index (κ3) is 4.15. The monoisotopic (exact) mass is 367 g/mol. The van der Waals surface area contributed by atoms with Crippen LogP contribution in [0, 0.1) is 11.3 Å². The van der Waals surface area contributed by atoms with E-state index in [2.05, 4.69) is 25.8 Å². The minimum absolute atomic E-state index is 0. The SMILES string of the molecule is Cl.Cl.N#CC[C@@H](c1cccc2c1OC(F)(F)O2)N1CCNCC1. The number of nitrogens with one attached hydrogen (secondary N) is 1. The van der Waals surface area contributed by atoms with Crippen LogP contribution < -0.4 is 14.8 Å². The van der Waals surface area contributed by atoms with E-state index < -0.39 is 6.29 Å². The Morgan fingerprint density at radius 3 is 2.61 bits per heavy atom. The number of para-hydroxylation sites is 1. The molecule has 1 N–H and O–H groups in total. The molecular formula is C14H17Cl2F2N3O2. The van der Waals surface area contributed by atoms with Crippen molar-refractivity contribution in [1.82, 2.24) is 10.2 Å². The summed E-state index contributed by atoms with van der Waals surface area (Å²) >= 11 is 0. The van der Waals surface area contributed by atoms with E-state index in [0.717, 1.165) is 26.2 Å². The van der Waals surface area contributed by atoms with E-state index in [-0.39, 0.29) is 48.8 Å². The van der Waals surface area contributed by atoms with E-state index in [1.165, 1.54) is 6.07 Å². The normalized spacial score (nSPS) is 19.9. The van der Waals surface area contributed by atoms with Crippen molar-refractivity contribution >= 4 is 24.8 Å². The summed E-state index contributed by atoms with van der Waals surface area (Å²) in [5.41, 5.74) is 0.577. The Kier molecular flexibility index (Phi) is 6.84. The fourth-order valence-corrected chi connectivity index (χ4v) is 2.77. The molecule has 5 nitrogen and oxygen atoms in total. The van der Waals surface area contributed by atoms with Gasteiger partial charge < -0.3 is 14.8 Å². The molecule has 1 aromatic carbocycles. The fourth-order valence-electron chi connectivity index (χ4n) is 2.77. The van der Waals surface area contributed by atoms with E-state index >= 15 is 0 Å². The molecule has 0 radical (unpaired) electrons. The summed E-state index contributed by atoms with van der Waals surface area (Å²) in [6.45, 7) is 3.13. The van der Waals surface area contributed by atoms with Crippen LogP contribution in [0.4, 0.5) is 8.78 Å². The van der Waals surface area contributed by atoms with Crippen molar-refractivity contribution in [1.29, 1.82) is 5.26 Å². The topological polar surface area (TPSA) is 57.5 Å². The molecule has 2 aliphatic heterocycles. The summed E-state index contributed by atoms with van der Waals surface area (Å²) in [5, 5.41) is 12.3. The molecule has 0 aliphatic carbocycles. The first-order valence-electron chi connectivity index (χ1n) is 6.81. The molecule has 3 rings (SSSR count). The summed E-state index contributed by atoms with van der Waals surface area (Å²) in [7, 11) is 0. The lowest BCUT2D eigenvalue weighted by atomic mass is 10.00. The standard InChI is InChI=1S/C14H15F2N3O2.2ClH/c15-14(16)20-12-3-1-2-10(13(12)21-14)11(4-5-17)19-8-6-18-7-9-19;;/h1-3,11,18H,4,6-9H2;2*1H/t11-;;/m0../s1. The summed E-state index contributed by atoms with van der Waals surface area (Å²) in [6.07, 6.45) is -3.43. The average molecular weight is 368 g/mol. The number of hydrogen-bond acceptors (Lipinski definition) is 5. The smallest absolute Gasteiger partial charge is 0.395 e. The number of ether oxygens (including phenoxy) is 2. The minimum Gasteiger partial charge on any atom is -0.395 e. The molecule has 1 saturated heterocycles. The number of piperazine rings is 1. The molecule has 23 heavy (non-hydrogen) atoms. The van der Waals surface area contributed by atoms with Crippen molar-refractivity contribution in [2.24, 2.45) is 0 Å². The molecule has 0 aromatic heterocycles. The van der Waals surface area contributed by atoms with Crippen LogP contribution >= 0.6 is 24.8 Å². The second-order valence-corrected chi connectivity index (χ2v) is 5.01. The van der Waals surface area contributed by atoms with Crippen LogP contribution in [0.1, 0.15) is 18.0 Å². The van der Waals surface area contributed by atoms with Crippen LogP contribution in [0.15, 0.2) is 18.2 Å². The van der Waals surface area contributed by atoms with E-state index in [1.807, 2.05) is 0 Å². The number of fused-ring (bicyclic) bond motifs is 1. The van der Waals surface area contributed by atoms with Crippen LogP contribution in [0.3, 0.4) is 0 Å². The van der Waals surface area contributed by atoms with Gasteiger partial charge in [-0.15, -0.1) is 33.6 Å². The Hall–Kier alpha value is -1.33. The molecule has 2 aliphatic rings. The number of halogens is 4. The molecule has 0 saturated carbocycles. The third-order valence-electron chi connectivity index (χ3n) is 3.70. The molecule has 1 fully saturated rings. The zero-order chi connectivity index (χ0) is 14.9. The van der Waals surface area contributed by atoms with Gasteiger partial charge in [-0.05, 0) is 6.07 Å². The number of hydrogen-bond donors (Lipinski definition) is 1. The van der Waals surface area contributed by atoms with Crippen molar-refractivity contribution in [3.8, 4) is 17.6 Å². The van der Waals surface area contributed by atoms with Gasteiger partial charge in [-0.2, -0.15) is 5.26 Å². The lowest BCUT2D eigenvalue weighted by Gasteiger charge is -2.34. The molecule has 2 heterocycles. The van der Waals surface area contributed by atoms with Gasteiger partial charge >= 0.3 is 6.29 Å². The summed E-state index contributed by atoms with van der Waals surface area (Å²) < 4.78 is 35.7. The van der Waals surface area contributed by atoms with Crippen LogP contribution in [0.2, 0.25) is 0 Å². The minimum atomic E-state index is -3.64. The second-order valence-electron chi connectivity index (χ2n) is 5.01. The maximum Gasteiger partial charge on any atom is 0.586 e. The van der Waals surface area contributed by atoms with E-state index in [4.69, 9.17) is 5.26 Å². The predicted molar refractivity (Wildman–Crippen MR) is 84.6 cm³/mol. The van der Waals surface area contributed by atoms with Gasteiger partial charge in [-0.1, -0.05) is 12.1 Å². The number of alkyl halides is 2. The van der Waals surface area contributed by atoms with Crippen LogP contribution in [0.25, 0.3) is 0 Å². The van der Waals surface area contributed by atoms with Crippen molar-refractivity contribution < 1.29 is 18.3 Å². The second kappa shape index (κ2) is 7.97. The van der Waals surface area contributed by atoms with Crippen LogP contribution in [-0.4, -0.2) is 37.4 Å². The molecule has 9 heteroatoms. The highest BCUT2D eigenvalue weighted by Gasteiger charge is 2.45. The van der Waals surface area contributed by atoms with Gasteiger partial charge in [0.05, 0.1) is 18.5 Å². The van der Waals surface area contributed by atoms with Gasteiger partial charge in [-0.3, -0.25) is 4.90 Å². The van der Waals surface area contributed by atoms with E-state index in [0.29, 0.717) is 5.56 Å². The fraction of sp³-hybridized carbons (Fsp3) is 0.500. The highest BCUT2D eigenvalue weighted by Crippen LogP contribution is 2.46. The molecule has 128 valence electrons. The summed E-state index contributed by atoms with van der Waals surface area (Å²) in [5.74, 6) is 0.0665. The van der Waals surface area contributed by atoms with Gasteiger partial charge in [0.15, 0.2) is 11.5 Å². The molecule has 0 spiro atoms. The van der Waals surface area contributed by atoms with Gasteiger partial charge in [-0.25, -0.2) is 0 Å². The highest BCUT2D eigenvalue weighted by atomic mass is 35.5. The molecule has 0 bridgehead atoms. The van der Waals surface area contributed by atoms with Crippen molar-refractivity contribution in [3.63, 3.8) is 0 Å². The molecule has 0 unspecified atom stereocenters. The number of rotatable bonds is 3. The first-order valence-corrected chi connectivity index (χ1v) is 6.81. The summed E-state index contributed by atoms with van der Waals surface area (Å²) in [4.78, 5) is 2.11.